The number of nitrogens with zero attached hydrogens (tertiary/aromatic N) is 2. The summed E-state index contributed by atoms with van der Waals surface area (Å²) in [7, 11) is 0. The van der Waals surface area contributed by atoms with Crippen molar-refractivity contribution in [1.82, 2.24) is 15.1 Å². The van der Waals surface area contributed by atoms with Gasteiger partial charge in [-0.2, -0.15) is 0 Å². The molecule has 1 atom stereocenters. The van der Waals surface area contributed by atoms with E-state index in [0.29, 0.717) is 12.5 Å². The van der Waals surface area contributed by atoms with Crippen LogP contribution < -0.4 is 10.1 Å². The van der Waals surface area contributed by atoms with Crippen LogP contribution in [0.4, 0.5) is 0 Å². The zero-order valence-electron chi connectivity index (χ0n) is 15.5. The fourth-order valence-electron chi connectivity index (χ4n) is 3.56. The van der Waals surface area contributed by atoms with Crippen molar-refractivity contribution in [2.45, 2.75) is 26.3 Å². The summed E-state index contributed by atoms with van der Waals surface area (Å²) >= 11 is 0. The van der Waals surface area contributed by atoms with E-state index < -0.39 is 0 Å². The minimum Gasteiger partial charge on any atom is -0.494 e. The van der Waals surface area contributed by atoms with Crippen molar-refractivity contribution < 1.29 is 9.53 Å². The highest BCUT2D eigenvalue weighted by atomic mass is 35.5. The van der Waals surface area contributed by atoms with Gasteiger partial charge >= 0.3 is 0 Å². The SMILES string of the molecule is CCOc1ccc(CN2CCN(C(=O)C3CCCNC3)CC2)cc1.Cl.Cl. The van der Waals surface area contributed by atoms with E-state index in [4.69, 9.17) is 4.74 Å². The van der Waals surface area contributed by atoms with Gasteiger partial charge in [0.25, 0.3) is 0 Å². The van der Waals surface area contributed by atoms with Gasteiger partial charge in [0.2, 0.25) is 5.91 Å². The maximum absolute atomic E-state index is 12.6. The summed E-state index contributed by atoms with van der Waals surface area (Å²) in [6.07, 6.45) is 2.16. The van der Waals surface area contributed by atoms with Gasteiger partial charge in [0.1, 0.15) is 5.75 Å². The molecule has 7 heteroatoms. The van der Waals surface area contributed by atoms with E-state index in [1.165, 1.54) is 5.56 Å². The molecule has 0 aliphatic carbocycles. The Bertz CT molecular complexity index is 528. The second-order valence-electron chi connectivity index (χ2n) is 6.72. The molecule has 2 aliphatic heterocycles. The number of carbonyl (C=O) groups is 1. The smallest absolute Gasteiger partial charge is 0.227 e. The third-order valence-electron chi connectivity index (χ3n) is 4.97. The predicted octanol–water partition coefficient (Wildman–Crippen LogP) is 2.57. The normalized spacial score (nSPS) is 20.7. The summed E-state index contributed by atoms with van der Waals surface area (Å²) < 4.78 is 5.49. The van der Waals surface area contributed by atoms with E-state index >= 15 is 0 Å². The number of hydrogen-bond acceptors (Lipinski definition) is 4. The van der Waals surface area contributed by atoms with Crippen LogP contribution >= 0.6 is 24.8 Å². The molecule has 0 bridgehead atoms. The van der Waals surface area contributed by atoms with Gasteiger partial charge in [-0.15, -0.1) is 24.8 Å². The highest BCUT2D eigenvalue weighted by Gasteiger charge is 2.28. The van der Waals surface area contributed by atoms with E-state index in [1.807, 2.05) is 19.1 Å². The molecule has 0 radical (unpaired) electrons. The lowest BCUT2D eigenvalue weighted by Gasteiger charge is -2.37. The van der Waals surface area contributed by atoms with Crippen LogP contribution in [0.2, 0.25) is 0 Å². The third-order valence-corrected chi connectivity index (χ3v) is 4.97. The van der Waals surface area contributed by atoms with Crippen LogP contribution in [0.3, 0.4) is 0 Å². The molecule has 0 aromatic heterocycles. The molecule has 2 fully saturated rings. The number of nitrogens with one attached hydrogen (secondary N) is 1. The van der Waals surface area contributed by atoms with Crippen molar-refractivity contribution in [3.8, 4) is 5.75 Å². The van der Waals surface area contributed by atoms with E-state index in [1.54, 1.807) is 0 Å². The van der Waals surface area contributed by atoms with Crippen molar-refractivity contribution >= 4 is 30.7 Å². The molecule has 2 heterocycles. The summed E-state index contributed by atoms with van der Waals surface area (Å²) in [5.41, 5.74) is 1.30. The maximum Gasteiger partial charge on any atom is 0.227 e. The number of ether oxygens (including phenoxy) is 1. The van der Waals surface area contributed by atoms with Gasteiger partial charge in [-0.1, -0.05) is 12.1 Å². The number of halogens is 2. The lowest BCUT2D eigenvalue weighted by Crippen LogP contribution is -2.51. The Kier molecular flexibility index (Phi) is 10.3. The molecule has 1 aromatic carbocycles. The van der Waals surface area contributed by atoms with Crippen molar-refractivity contribution in [2.75, 3.05) is 45.9 Å². The van der Waals surface area contributed by atoms with Gasteiger partial charge in [0, 0.05) is 39.3 Å². The van der Waals surface area contributed by atoms with Crippen LogP contribution in [0.25, 0.3) is 0 Å². The molecule has 5 nitrogen and oxygen atoms in total. The van der Waals surface area contributed by atoms with Crippen LogP contribution in [0.5, 0.6) is 5.75 Å². The first-order valence-electron chi connectivity index (χ1n) is 9.20. The molecule has 26 heavy (non-hydrogen) atoms. The molecule has 1 aromatic rings. The first kappa shape index (κ1) is 23.0. The lowest BCUT2D eigenvalue weighted by molar-refractivity contribution is -0.137. The first-order chi connectivity index (χ1) is 11.8. The zero-order chi connectivity index (χ0) is 16.8. The Morgan fingerprint density at radius 2 is 1.85 bits per heavy atom. The standard InChI is InChI=1S/C19H29N3O2.2ClH/c1-2-24-18-7-5-16(6-8-18)15-21-10-12-22(13-11-21)19(23)17-4-3-9-20-14-17;;/h5-8,17,20H,2-4,9-15H2,1H3;2*1H. The van der Waals surface area contributed by atoms with Crippen LogP contribution in [-0.2, 0) is 11.3 Å². The Labute approximate surface area is 169 Å². The van der Waals surface area contributed by atoms with Crippen molar-refractivity contribution in [2.24, 2.45) is 5.92 Å². The minimum atomic E-state index is 0. The topological polar surface area (TPSA) is 44.8 Å². The summed E-state index contributed by atoms with van der Waals surface area (Å²) in [5, 5.41) is 3.34. The van der Waals surface area contributed by atoms with Crippen LogP contribution in [-0.4, -0.2) is 61.6 Å². The van der Waals surface area contributed by atoms with Crippen LogP contribution in [0.15, 0.2) is 24.3 Å². The summed E-state index contributed by atoms with van der Waals surface area (Å²) in [5.74, 6) is 1.47. The Morgan fingerprint density at radius 3 is 2.42 bits per heavy atom. The maximum atomic E-state index is 12.6. The highest BCUT2D eigenvalue weighted by Crippen LogP contribution is 2.17. The summed E-state index contributed by atoms with van der Waals surface area (Å²) in [6, 6.07) is 8.34. The van der Waals surface area contributed by atoms with Gasteiger partial charge in [0.05, 0.1) is 12.5 Å². The number of amides is 1. The number of piperazine rings is 1. The molecule has 2 saturated heterocycles. The third kappa shape index (κ3) is 6.31. The molecule has 1 unspecified atom stereocenters. The van der Waals surface area contributed by atoms with Crippen molar-refractivity contribution in [1.29, 1.82) is 0 Å². The van der Waals surface area contributed by atoms with E-state index in [2.05, 4.69) is 27.2 Å². The number of rotatable bonds is 5. The fraction of sp³-hybridized carbons (Fsp3) is 0.632. The van der Waals surface area contributed by atoms with Crippen molar-refractivity contribution in [3.05, 3.63) is 29.8 Å². The molecule has 0 spiro atoms. The van der Waals surface area contributed by atoms with Crippen molar-refractivity contribution in [3.63, 3.8) is 0 Å². The summed E-state index contributed by atoms with van der Waals surface area (Å²) in [4.78, 5) is 17.1. The number of carbonyl (C=O) groups excluding carboxylic acids is 1. The van der Waals surface area contributed by atoms with Gasteiger partial charge in [-0.05, 0) is 44.0 Å². The second kappa shape index (κ2) is 11.7. The zero-order valence-corrected chi connectivity index (χ0v) is 17.1. The summed E-state index contributed by atoms with van der Waals surface area (Å²) in [6.45, 7) is 9.17. The van der Waals surface area contributed by atoms with E-state index in [0.717, 1.165) is 64.4 Å². The predicted molar refractivity (Wildman–Crippen MR) is 110 cm³/mol. The Morgan fingerprint density at radius 1 is 1.15 bits per heavy atom. The average Bonchev–Trinajstić information content (AvgIpc) is 2.64. The fourth-order valence-corrected chi connectivity index (χ4v) is 3.56. The number of piperidine rings is 1. The molecular formula is C19H31Cl2N3O2. The number of benzene rings is 1. The molecule has 0 saturated carbocycles. The Balaban J connectivity index is 0.00000169. The monoisotopic (exact) mass is 403 g/mol. The highest BCUT2D eigenvalue weighted by molar-refractivity contribution is 5.85. The quantitative estimate of drug-likeness (QED) is 0.820. The molecule has 148 valence electrons. The van der Waals surface area contributed by atoms with Gasteiger partial charge in [0.15, 0.2) is 0 Å². The van der Waals surface area contributed by atoms with E-state index in [-0.39, 0.29) is 30.7 Å². The number of hydrogen-bond donors (Lipinski definition) is 1. The average molecular weight is 404 g/mol. The Hall–Kier alpha value is -1.01. The van der Waals surface area contributed by atoms with Gasteiger partial charge < -0.3 is 15.0 Å². The molecule has 1 N–H and O–H groups in total. The van der Waals surface area contributed by atoms with Gasteiger partial charge in [-0.3, -0.25) is 9.69 Å². The van der Waals surface area contributed by atoms with E-state index in [9.17, 15) is 4.79 Å². The molecular weight excluding hydrogens is 373 g/mol. The lowest BCUT2D eigenvalue weighted by atomic mass is 9.98. The second-order valence-corrected chi connectivity index (χ2v) is 6.72. The largest absolute Gasteiger partial charge is 0.494 e. The van der Waals surface area contributed by atoms with Crippen LogP contribution in [0, 0.1) is 5.92 Å². The minimum absolute atomic E-state index is 0. The first-order valence-corrected chi connectivity index (χ1v) is 9.20. The van der Waals surface area contributed by atoms with Crippen LogP contribution in [0.1, 0.15) is 25.3 Å². The molecule has 2 aliphatic rings. The molecule has 3 rings (SSSR count). The van der Waals surface area contributed by atoms with Gasteiger partial charge in [-0.25, -0.2) is 0 Å². The molecule has 1 amide bonds.